The Kier molecular flexibility index (Phi) is 1.99. The van der Waals surface area contributed by atoms with E-state index >= 15 is 0 Å². The van der Waals surface area contributed by atoms with Crippen molar-refractivity contribution < 1.29 is 19.8 Å². The van der Waals surface area contributed by atoms with E-state index in [1.165, 1.54) is 0 Å². The monoisotopic (exact) mass is 199 g/mol. The largest absolute Gasteiger partial charge is 0.479 e. The van der Waals surface area contributed by atoms with Crippen LogP contribution in [0.4, 0.5) is 0 Å². The first-order valence-electron chi connectivity index (χ1n) is 4.79. The van der Waals surface area contributed by atoms with Gasteiger partial charge in [-0.1, -0.05) is 0 Å². The second-order valence-corrected chi connectivity index (χ2v) is 4.11. The standard InChI is InChI=1S/C9H13NO4/c11-7(12)9(8(13)14)5-6-1-3-10(9)4-2-6/h6H,1-5H2,(H,11,12)(H,13,14). The van der Waals surface area contributed by atoms with Gasteiger partial charge in [0.05, 0.1) is 0 Å². The second-order valence-electron chi connectivity index (χ2n) is 4.11. The molecule has 0 aliphatic carbocycles. The van der Waals surface area contributed by atoms with Crippen molar-refractivity contribution in [2.24, 2.45) is 5.92 Å². The summed E-state index contributed by atoms with van der Waals surface area (Å²) in [6.07, 6.45) is 2.13. The van der Waals surface area contributed by atoms with Gasteiger partial charge >= 0.3 is 11.9 Å². The van der Waals surface area contributed by atoms with Gasteiger partial charge < -0.3 is 10.2 Å². The molecule has 3 aliphatic rings. The maximum absolute atomic E-state index is 11.1. The first-order valence-corrected chi connectivity index (χ1v) is 4.79. The second kappa shape index (κ2) is 2.95. The van der Waals surface area contributed by atoms with E-state index in [9.17, 15) is 9.59 Å². The molecule has 0 saturated carbocycles. The van der Waals surface area contributed by atoms with Crippen LogP contribution in [0.1, 0.15) is 19.3 Å². The van der Waals surface area contributed by atoms with E-state index < -0.39 is 17.5 Å². The molecule has 0 aromatic rings. The maximum atomic E-state index is 11.1. The van der Waals surface area contributed by atoms with E-state index in [2.05, 4.69) is 0 Å². The highest BCUT2D eigenvalue weighted by atomic mass is 16.4. The SMILES string of the molecule is O=C(O)C1(C(=O)O)CC2CCN1CC2. The normalized spacial score (nSPS) is 34.0. The highest BCUT2D eigenvalue weighted by molar-refractivity contribution is 6.03. The molecule has 2 N–H and O–H groups in total. The molecule has 78 valence electrons. The molecule has 2 bridgehead atoms. The molecule has 14 heavy (non-hydrogen) atoms. The molecule has 0 radical (unpaired) electrons. The molecule has 5 nitrogen and oxygen atoms in total. The molecule has 3 rings (SSSR count). The minimum atomic E-state index is -1.64. The van der Waals surface area contributed by atoms with Gasteiger partial charge in [-0.25, -0.2) is 9.59 Å². The van der Waals surface area contributed by atoms with Crippen molar-refractivity contribution >= 4 is 11.9 Å². The summed E-state index contributed by atoms with van der Waals surface area (Å²) in [6.45, 7) is 1.20. The predicted octanol–water partition coefficient (Wildman–Crippen LogP) is 0.0101. The zero-order chi connectivity index (χ0) is 10.3. The van der Waals surface area contributed by atoms with Crippen molar-refractivity contribution in [1.29, 1.82) is 0 Å². The van der Waals surface area contributed by atoms with Crippen LogP contribution in [0.3, 0.4) is 0 Å². The Labute approximate surface area is 81.3 Å². The van der Waals surface area contributed by atoms with Gasteiger partial charge in [0.1, 0.15) is 0 Å². The van der Waals surface area contributed by atoms with Crippen LogP contribution in [-0.2, 0) is 9.59 Å². The zero-order valence-corrected chi connectivity index (χ0v) is 7.77. The molecule has 3 heterocycles. The van der Waals surface area contributed by atoms with Crippen LogP contribution in [0, 0.1) is 5.92 Å². The molecule has 0 aromatic heterocycles. The van der Waals surface area contributed by atoms with E-state index in [0.29, 0.717) is 13.1 Å². The number of carboxylic acids is 2. The van der Waals surface area contributed by atoms with E-state index in [4.69, 9.17) is 10.2 Å². The Bertz CT molecular complexity index is 267. The van der Waals surface area contributed by atoms with Crippen LogP contribution >= 0.6 is 0 Å². The molecule has 0 unspecified atom stereocenters. The third-order valence-corrected chi connectivity index (χ3v) is 3.45. The molecule has 3 saturated heterocycles. The molecule has 3 fully saturated rings. The third kappa shape index (κ3) is 1.05. The number of piperidine rings is 3. The third-order valence-electron chi connectivity index (χ3n) is 3.45. The number of rotatable bonds is 2. The van der Waals surface area contributed by atoms with Gasteiger partial charge in [-0.05, 0) is 25.2 Å². The van der Waals surface area contributed by atoms with Crippen molar-refractivity contribution in [3.63, 3.8) is 0 Å². The molecular weight excluding hydrogens is 186 g/mol. The lowest BCUT2D eigenvalue weighted by molar-refractivity contribution is -0.177. The van der Waals surface area contributed by atoms with Gasteiger partial charge in [-0.3, -0.25) is 4.90 Å². The smallest absolute Gasteiger partial charge is 0.335 e. The number of carbonyl (C=O) groups is 2. The van der Waals surface area contributed by atoms with Crippen LogP contribution in [0.5, 0.6) is 0 Å². The Morgan fingerprint density at radius 2 is 1.64 bits per heavy atom. The topological polar surface area (TPSA) is 77.8 Å². The van der Waals surface area contributed by atoms with Crippen LogP contribution in [0.15, 0.2) is 0 Å². The number of carboxylic acid groups (broad SMARTS) is 2. The first-order chi connectivity index (χ1) is 6.57. The number of hydrogen-bond acceptors (Lipinski definition) is 3. The summed E-state index contributed by atoms with van der Waals surface area (Å²) in [5, 5.41) is 18.1. The minimum Gasteiger partial charge on any atom is -0.479 e. The summed E-state index contributed by atoms with van der Waals surface area (Å²) in [7, 11) is 0. The maximum Gasteiger partial charge on any atom is 0.335 e. The summed E-state index contributed by atoms with van der Waals surface area (Å²) < 4.78 is 0. The van der Waals surface area contributed by atoms with Crippen molar-refractivity contribution in [2.45, 2.75) is 24.8 Å². The van der Waals surface area contributed by atoms with E-state index in [1.807, 2.05) is 0 Å². The van der Waals surface area contributed by atoms with Crippen LogP contribution < -0.4 is 0 Å². The Hall–Kier alpha value is -1.10. The predicted molar refractivity (Wildman–Crippen MR) is 46.9 cm³/mol. The summed E-state index contributed by atoms with van der Waals surface area (Å²) in [5.41, 5.74) is -1.64. The quantitative estimate of drug-likeness (QED) is 0.612. The van der Waals surface area contributed by atoms with Gasteiger partial charge in [0.2, 0.25) is 5.54 Å². The average Bonchev–Trinajstić information content (AvgIpc) is 2.18. The summed E-state index contributed by atoms with van der Waals surface area (Å²) in [6, 6.07) is 0. The Morgan fingerprint density at radius 1 is 1.14 bits per heavy atom. The highest BCUT2D eigenvalue weighted by Crippen LogP contribution is 2.39. The van der Waals surface area contributed by atoms with Gasteiger partial charge in [0.15, 0.2) is 0 Å². The zero-order valence-electron chi connectivity index (χ0n) is 7.77. The minimum absolute atomic E-state index is 0.262. The molecule has 5 heteroatoms. The highest BCUT2D eigenvalue weighted by Gasteiger charge is 2.57. The lowest BCUT2D eigenvalue weighted by atomic mass is 9.74. The van der Waals surface area contributed by atoms with Crippen molar-refractivity contribution in [3.8, 4) is 0 Å². The first kappa shape index (κ1) is 9.45. The van der Waals surface area contributed by atoms with Gasteiger partial charge in [0, 0.05) is 13.1 Å². The molecular formula is C9H13NO4. The molecule has 0 aromatic carbocycles. The van der Waals surface area contributed by atoms with E-state index in [-0.39, 0.29) is 12.3 Å². The van der Waals surface area contributed by atoms with E-state index in [0.717, 1.165) is 12.8 Å². The van der Waals surface area contributed by atoms with Gasteiger partial charge in [-0.2, -0.15) is 0 Å². The summed E-state index contributed by atoms with van der Waals surface area (Å²) >= 11 is 0. The summed E-state index contributed by atoms with van der Waals surface area (Å²) in [4.78, 5) is 23.8. The van der Waals surface area contributed by atoms with Crippen molar-refractivity contribution in [1.82, 2.24) is 4.90 Å². The van der Waals surface area contributed by atoms with Crippen LogP contribution in [-0.4, -0.2) is 45.7 Å². The Morgan fingerprint density at radius 3 is 1.86 bits per heavy atom. The van der Waals surface area contributed by atoms with E-state index in [1.54, 1.807) is 4.90 Å². The molecule has 0 spiro atoms. The lowest BCUT2D eigenvalue weighted by Crippen LogP contribution is -2.66. The van der Waals surface area contributed by atoms with Crippen molar-refractivity contribution in [3.05, 3.63) is 0 Å². The molecule has 3 aliphatic heterocycles. The van der Waals surface area contributed by atoms with Crippen molar-refractivity contribution in [2.75, 3.05) is 13.1 Å². The summed E-state index contributed by atoms with van der Waals surface area (Å²) in [5.74, 6) is -2.16. The molecule has 0 amide bonds. The number of nitrogens with zero attached hydrogens (tertiary/aromatic N) is 1. The molecule has 0 atom stereocenters. The fourth-order valence-electron chi connectivity index (χ4n) is 2.60. The van der Waals surface area contributed by atoms with Crippen LogP contribution in [0.25, 0.3) is 0 Å². The fraction of sp³-hybridized carbons (Fsp3) is 0.778. The van der Waals surface area contributed by atoms with Crippen LogP contribution in [0.2, 0.25) is 0 Å². The van der Waals surface area contributed by atoms with Gasteiger partial charge in [-0.15, -0.1) is 0 Å². The lowest BCUT2D eigenvalue weighted by Gasteiger charge is -2.49. The average molecular weight is 199 g/mol. The fourth-order valence-corrected chi connectivity index (χ4v) is 2.60. The number of hydrogen-bond donors (Lipinski definition) is 2. The Balaban J connectivity index is 2.36. The van der Waals surface area contributed by atoms with Gasteiger partial charge in [0.25, 0.3) is 0 Å². The number of aliphatic carboxylic acids is 2. The number of fused-ring (bicyclic) bond motifs is 3.